The van der Waals surface area contributed by atoms with Crippen LogP contribution in [0.5, 0.6) is 0 Å². The van der Waals surface area contributed by atoms with Gasteiger partial charge in [0.05, 0.1) is 19.8 Å². The topological polar surface area (TPSA) is 105 Å². The molecule has 2 aliphatic heterocycles. The Morgan fingerprint density at radius 2 is 1.62 bits per heavy atom. The van der Waals surface area contributed by atoms with Crippen molar-refractivity contribution >= 4 is 24.8 Å². The average molecular weight is 342 g/mol. The number of fused-ring (bicyclic) bond motifs is 1. The lowest BCUT2D eigenvalue weighted by atomic mass is 10.1. The Balaban J connectivity index is 1.81. The van der Waals surface area contributed by atoms with Crippen molar-refractivity contribution in [1.82, 2.24) is 0 Å². The highest BCUT2D eigenvalue weighted by Gasteiger charge is 2.51. The van der Waals surface area contributed by atoms with Crippen LogP contribution in [0.25, 0.3) is 0 Å². The van der Waals surface area contributed by atoms with Gasteiger partial charge in [-0.1, -0.05) is 13.3 Å². The summed E-state index contributed by atoms with van der Waals surface area (Å²) in [6, 6.07) is 0. The van der Waals surface area contributed by atoms with E-state index in [2.05, 4.69) is 9.98 Å². The van der Waals surface area contributed by atoms with Crippen molar-refractivity contribution in [3.63, 3.8) is 0 Å². The van der Waals surface area contributed by atoms with E-state index in [0.29, 0.717) is 13.0 Å². The molecular weight excluding hydrogens is 320 g/mol. The molecule has 0 aliphatic carbocycles. The zero-order valence-corrected chi connectivity index (χ0v) is 13.8. The maximum absolute atomic E-state index is 11.6. The van der Waals surface area contributed by atoms with Gasteiger partial charge in [0, 0.05) is 6.21 Å². The number of unbranched alkanes of at least 4 members (excludes halogenated alkanes) is 1. The van der Waals surface area contributed by atoms with E-state index in [1.807, 2.05) is 6.92 Å². The molecule has 0 radical (unpaired) electrons. The van der Waals surface area contributed by atoms with Crippen molar-refractivity contribution in [1.29, 1.82) is 0 Å². The average Bonchev–Trinajstić information content (AvgIpc) is 3.12. The molecule has 0 aromatic carbocycles. The van der Waals surface area contributed by atoms with E-state index in [9.17, 15) is 9.59 Å². The van der Waals surface area contributed by atoms with Crippen molar-refractivity contribution in [3.8, 4) is 0 Å². The van der Waals surface area contributed by atoms with Gasteiger partial charge in [-0.3, -0.25) is 0 Å². The number of nitrogens with zero attached hydrogens (tertiary/aromatic N) is 2. The van der Waals surface area contributed by atoms with E-state index in [-0.39, 0.29) is 13.2 Å². The summed E-state index contributed by atoms with van der Waals surface area (Å²) in [4.78, 5) is 30.3. The van der Waals surface area contributed by atoms with E-state index in [0.717, 1.165) is 12.8 Å². The van der Waals surface area contributed by atoms with Gasteiger partial charge in [0.2, 0.25) is 0 Å². The molecule has 4 atom stereocenters. The van der Waals surface area contributed by atoms with Crippen LogP contribution in [-0.4, -0.2) is 69.0 Å². The van der Waals surface area contributed by atoms with Gasteiger partial charge in [0.15, 0.2) is 18.6 Å². The van der Waals surface area contributed by atoms with Gasteiger partial charge < -0.3 is 23.7 Å². The minimum absolute atomic E-state index is 0.151. The summed E-state index contributed by atoms with van der Waals surface area (Å²) in [5.74, 6) is 0. The molecular formula is C15H22N2O7. The monoisotopic (exact) mass is 342 g/mol. The smallest absolute Gasteiger partial charge is 0.436 e. The predicted octanol–water partition coefficient (Wildman–Crippen LogP) is 1.73. The van der Waals surface area contributed by atoms with Crippen LogP contribution in [0, 0.1) is 0 Å². The standard InChI is InChI=1S/C15H22N2O7/c1-3-5-6-16-14(18)23-10-7-21-13-11(8-22-12(10)13)24-15(19)17-9-20-4-2/h6,9-13H,3-5,7-8H2,1-2H3/t10-,11+,12+,13+/m0/s1. The minimum Gasteiger partial charge on any atom is -0.483 e. The molecule has 9 heteroatoms. The van der Waals surface area contributed by atoms with Gasteiger partial charge in [0.1, 0.15) is 12.2 Å². The Bertz CT molecular complexity index is 450. The van der Waals surface area contributed by atoms with Crippen LogP contribution in [0.3, 0.4) is 0 Å². The number of carbonyl (C=O) groups is 2. The van der Waals surface area contributed by atoms with Crippen molar-refractivity contribution < 1.29 is 33.3 Å². The van der Waals surface area contributed by atoms with Crippen molar-refractivity contribution in [2.24, 2.45) is 9.98 Å². The number of hydrogen-bond acceptors (Lipinski definition) is 7. The summed E-state index contributed by atoms with van der Waals surface area (Å²) in [7, 11) is 0. The molecule has 9 nitrogen and oxygen atoms in total. The fourth-order valence-electron chi connectivity index (χ4n) is 2.37. The third-order valence-electron chi connectivity index (χ3n) is 3.48. The molecule has 0 N–H and O–H groups in total. The highest BCUT2D eigenvalue weighted by atomic mass is 16.7. The van der Waals surface area contributed by atoms with E-state index < -0.39 is 36.6 Å². The lowest BCUT2D eigenvalue weighted by Gasteiger charge is -2.15. The Morgan fingerprint density at radius 1 is 1.04 bits per heavy atom. The highest BCUT2D eigenvalue weighted by Crippen LogP contribution is 2.30. The first kappa shape index (κ1) is 18.3. The normalized spacial score (nSPS) is 29.1. The lowest BCUT2D eigenvalue weighted by molar-refractivity contribution is -0.00846. The van der Waals surface area contributed by atoms with Crippen molar-refractivity contribution in [3.05, 3.63) is 0 Å². The third kappa shape index (κ3) is 5.00. The van der Waals surface area contributed by atoms with Crippen molar-refractivity contribution in [2.45, 2.75) is 51.1 Å². The van der Waals surface area contributed by atoms with Crippen LogP contribution in [0.2, 0.25) is 0 Å². The van der Waals surface area contributed by atoms with Gasteiger partial charge in [-0.15, -0.1) is 4.99 Å². The van der Waals surface area contributed by atoms with Gasteiger partial charge in [-0.05, 0) is 13.3 Å². The number of hydrogen-bond donors (Lipinski definition) is 0. The summed E-state index contributed by atoms with van der Waals surface area (Å²) in [5, 5.41) is 0. The second kappa shape index (κ2) is 9.33. The molecule has 2 fully saturated rings. The van der Waals surface area contributed by atoms with Gasteiger partial charge in [-0.2, -0.15) is 4.99 Å². The molecule has 0 spiro atoms. The minimum atomic E-state index is -0.786. The number of rotatable bonds is 6. The number of ether oxygens (including phenoxy) is 5. The Morgan fingerprint density at radius 3 is 2.17 bits per heavy atom. The fourth-order valence-corrected chi connectivity index (χ4v) is 2.37. The van der Waals surface area contributed by atoms with E-state index >= 15 is 0 Å². The highest BCUT2D eigenvalue weighted by molar-refractivity contribution is 5.79. The largest absolute Gasteiger partial charge is 0.483 e. The van der Waals surface area contributed by atoms with Gasteiger partial charge in [0.25, 0.3) is 0 Å². The molecule has 2 saturated heterocycles. The van der Waals surface area contributed by atoms with Crippen LogP contribution >= 0.6 is 0 Å². The second-order valence-corrected chi connectivity index (χ2v) is 5.23. The second-order valence-electron chi connectivity index (χ2n) is 5.23. The summed E-state index contributed by atoms with van der Waals surface area (Å²) in [5.41, 5.74) is 0. The zero-order valence-electron chi connectivity index (χ0n) is 13.8. The van der Waals surface area contributed by atoms with Gasteiger partial charge in [-0.25, -0.2) is 9.59 Å². The third-order valence-corrected chi connectivity index (χ3v) is 3.48. The van der Waals surface area contributed by atoms with E-state index in [4.69, 9.17) is 23.7 Å². The van der Waals surface area contributed by atoms with Crippen LogP contribution in [-0.2, 0) is 23.7 Å². The molecule has 2 amide bonds. The Labute approximate surface area is 140 Å². The van der Waals surface area contributed by atoms with E-state index in [1.165, 1.54) is 6.21 Å². The fraction of sp³-hybridized carbons (Fsp3) is 0.733. The first-order chi connectivity index (χ1) is 11.7. The zero-order chi connectivity index (χ0) is 17.4. The van der Waals surface area contributed by atoms with E-state index in [1.54, 1.807) is 6.92 Å². The first-order valence-corrected chi connectivity index (χ1v) is 7.96. The first-order valence-electron chi connectivity index (χ1n) is 7.96. The molecule has 2 aliphatic rings. The summed E-state index contributed by atoms with van der Waals surface area (Å²) in [6.07, 6.45) is 0.544. The maximum Gasteiger partial charge on any atom is 0.436 e. The van der Waals surface area contributed by atoms with Crippen LogP contribution < -0.4 is 0 Å². The summed E-state index contributed by atoms with van der Waals surface area (Å²) < 4.78 is 26.3. The summed E-state index contributed by atoms with van der Waals surface area (Å²) >= 11 is 0. The van der Waals surface area contributed by atoms with Crippen LogP contribution in [0.1, 0.15) is 26.7 Å². The molecule has 0 bridgehead atoms. The van der Waals surface area contributed by atoms with Gasteiger partial charge >= 0.3 is 12.2 Å². The lowest BCUT2D eigenvalue weighted by Crippen LogP contribution is -2.35. The quantitative estimate of drug-likeness (QED) is 0.534. The number of carbonyl (C=O) groups excluding carboxylic acids is 2. The molecule has 0 saturated carbocycles. The molecule has 2 rings (SSSR count). The van der Waals surface area contributed by atoms with Crippen LogP contribution in [0.4, 0.5) is 9.59 Å². The predicted molar refractivity (Wildman–Crippen MR) is 83.5 cm³/mol. The molecule has 0 aromatic rings. The maximum atomic E-state index is 11.6. The molecule has 0 aromatic heterocycles. The molecule has 2 heterocycles. The number of aliphatic imine (C=N–C) groups is 2. The Hall–Kier alpha value is -2.00. The summed E-state index contributed by atoms with van der Waals surface area (Å²) in [6.45, 7) is 4.48. The molecule has 0 unspecified atom stereocenters. The van der Waals surface area contributed by atoms with Crippen molar-refractivity contribution in [2.75, 3.05) is 19.8 Å². The number of amides is 2. The Kier molecular flexibility index (Phi) is 7.13. The SMILES string of the molecule is CCCC=NC(=O)O[C@H]1CO[C@H]2[C@@H]1OC[C@H]2OC(=O)N=COCC. The molecule has 24 heavy (non-hydrogen) atoms. The molecule has 134 valence electrons. The van der Waals surface area contributed by atoms with Crippen LogP contribution in [0.15, 0.2) is 9.98 Å².